The molecule has 1 aliphatic rings. The van der Waals surface area contributed by atoms with Gasteiger partial charge in [-0.15, -0.1) is 11.6 Å². The standard InChI is InChI=1S/C6H6Cl4O/c7-4-2-1-3(11)5(8)6(4,9)10/h4,11H,1-2H2. The van der Waals surface area contributed by atoms with E-state index in [1.165, 1.54) is 0 Å². The summed E-state index contributed by atoms with van der Waals surface area (Å²) in [5, 5.41) is 8.76. The third kappa shape index (κ3) is 1.72. The first kappa shape index (κ1) is 9.79. The molecule has 64 valence electrons. The third-order valence-electron chi connectivity index (χ3n) is 1.57. The molecule has 1 aliphatic carbocycles. The first-order valence-corrected chi connectivity index (χ1v) is 4.63. The number of allylic oxidation sites excluding steroid dienone is 2. The Morgan fingerprint density at radius 2 is 2.00 bits per heavy atom. The van der Waals surface area contributed by atoms with Crippen LogP contribution in [0.5, 0.6) is 0 Å². The van der Waals surface area contributed by atoms with E-state index in [0.29, 0.717) is 12.8 Å². The summed E-state index contributed by atoms with van der Waals surface area (Å²) in [5.41, 5.74) is 0. The molecule has 0 saturated heterocycles. The van der Waals surface area contributed by atoms with E-state index >= 15 is 0 Å². The average Bonchev–Trinajstić information content (AvgIpc) is 1.95. The molecule has 0 aromatic heterocycles. The van der Waals surface area contributed by atoms with Crippen LogP contribution >= 0.6 is 46.4 Å². The van der Waals surface area contributed by atoms with Gasteiger partial charge in [-0.1, -0.05) is 34.8 Å². The summed E-state index contributed by atoms with van der Waals surface area (Å²) < 4.78 is -1.33. The van der Waals surface area contributed by atoms with Gasteiger partial charge in [0, 0.05) is 6.42 Å². The van der Waals surface area contributed by atoms with E-state index in [9.17, 15) is 0 Å². The van der Waals surface area contributed by atoms with E-state index in [1.54, 1.807) is 0 Å². The molecular weight excluding hydrogens is 230 g/mol. The lowest BCUT2D eigenvalue weighted by molar-refractivity contribution is 0.364. The van der Waals surface area contributed by atoms with Crippen molar-refractivity contribution in [3.63, 3.8) is 0 Å². The van der Waals surface area contributed by atoms with E-state index in [0.717, 1.165) is 0 Å². The molecule has 5 heteroatoms. The summed E-state index contributed by atoms with van der Waals surface area (Å²) in [6, 6.07) is 0. The van der Waals surface area contributed by atoms with Crippen molar-refractivity contribution in [3.05, 3.63) is 10.8 Å². The minimum absolute atomic E-state index is 0.0357. The molecule has 0 aromatic rings. The summed E-state index contributed by atoms with van der Waals surface area (Å²) in [4.78, 5) is 0. The highest BCUT2D eigenvalue weighted by atomic mass is 35.5. The molecule has 0 fully saturated rings. The Kier molecular flexibility index (Phi) is 2.86. The Morgan fingerprint density at radius 3 is 2.45 bits per heavy atom. The maximum atomic E-state index is 9.15. The molecule has 1 atom stereocenters. The summed E-state index contributed by atoms with van der Waals surface area (Å²) in [7, 11) is 0. The largest absolute Gasteiger partial charge is 0.511 e. The van der Waals surface area contributed by atoms with Crippen LogP contribution < -0.4 is 0 Å². The molecule has 0 amide bonds. The fourth-order valence-electron chi connectivity index (χ4n) is 0.884. The average molecular weight is 236 g/mol. The Labute approximate surface area is 84.9 Å². The van der Waals surface area contributed by atoms with Crippen LogP contribution in [0.2, 0.25) is 0 Å². The molecule has 1 rings (SSSR count). The normalized spacial score (nSPS) is 30.7. The molecule has 0 saturated carbocycles. The van der Waals surface area contributed by atoms with Crippen molar-refractivity contribution in [2.45, 2.75) is 22.6 Å². The molecule has 0 aliphatic heterocycles. The quantitative estimate of drug-likeness (QED) is 0.637. The zero-order valence-electron chi connectivity index (χ0n) is 5.45. The first-order chi connectivity index (χ1) is 4.96. The lowest BCUT2D eigenvalue weighted by atomic mass is 10.0. The zero-order valence-corrected chi connectivity index (χ0v) is 8.47. The van der Waals surface area contributed by atoms with E-state index in [2.05, 4.69) is 0 Å². The van der Waals surface area contributed by atoms with Crippen molar-refractivity contribution in [1.29, 1.82) is 0 Å². The Morgan fingerprint density at radius 1 is 1.45 bits per heavy atom. The summed E-state index contributed by atoms with van der Waals surface area (Å²) >= 11 is 22.9. The van der Waals surface area contributed by atoms with Gasteiger partial charge in [0.1, 0.15) is 5.76 Å². The van der Waals surface area contributed by atoms with Gasteiger partial charge >= 0.3 is 0 Å². The number of hydrogen-bond acceptors (Lipinski definition) is 1. The van der Waals surface area contributed by atoms with Gasteiger partial charge in [-0.2, -0.15) is 0 Å². The molecule has 0 bridgehead atoms. The highest BCUT2D eigenvalue weighted by Crippen LogP contribution is 2.46. The van der Waals surface area contributed by atoms with Crippen molar-refractivity contribution in [2.75, 3.05) is 0 Å². The predicted octanol–water partition coefficient (Wildman–Crippen LogP) is 3.57. The monoisotopic (exact) mass is 234 g/mol. The Bertz CT molecular complexity index is 199. The van der Waals surface area contributed by atoms with E-state index in [1.807, 2.05) is 0 Å². The second-order valence-electron chi connectivity index (χ2n) is 2.39. The molecule has 0 radical (unpaired) electrons. The fraction of sp³-hybridized carbons (Fsp3) is 0.667. The highest BCUT2D eigenvalue weighted by Gasteiger charge is 2.42. The van der Waals surface area contributed by atoms with Crippen molar-refractivity contribution >= 4 is 46.4 Å². The number of aliphatic hydroxyl groups excluding tert-OH is 1. The molecule has 1 nitrogen and oxygen atoms in total. The van der Waals surface area contributed by atoms with Gasteiger partial charge in [0.15, 0.2) is 4.33 Å². The lowest BCUT2D eigenvalue weighted by Crippen LogP contribution is -2.31. The second-order valence-corrected chi connectivity index (χ2v) is 4.68. The van der Waals surface area contributed by atoms with Gasteiger partial charge in [-0.25, -0.2) is 0 Å². The van der Waals surface area contributed by atoms with E-state index in [4.69, 9.17) is 51.5 Å². The van der Waals surface area contributed by atoms with Crippen LogP contribution in [0.25, 0.3) is 0 Å². The maximum absolute atomic E-state index is 9.15. The molecular formula is C6H6Cl4O. The smallest absolute Gasteiger partial charge is 0.173 e. The fourth-order valence-corrected chi connectivity index (χ4v) is 1.82. The van der Waals surface area contributed by atoms with Crippen LogP contribution in [-0.2, 0) is 0 Å². The molecule has 1 N–H and O–H groups in total. The van der Waals surface area contributed by atoms with Crippen LogP contribution in [0, 0.1) is 0 Å². The Hall–Kier alpha value is 0.700. The van der Waals surface area contributed by atoms with Gasteiger partial charge in [0.2, 0.25) is 0 Å². The lowest BCUT2D eigenvalue weighted by Gasteiger charge is -2.29. The van der Waals surface area contributed by atoms with Gasteiger partial charge in [-0.3, -0.25) is 0 Å². The molecule has 0 spiro atoms. The SMILES string of the molecule is OC1=C(Cl)C(Cl)(Cl)C(Cl)CC1. The second kappa shape index (κ2) is 3.21. The van der Waals surface area contributed by atoms with Crippen LogP contribution in [0.1, 0.15) is 12.8 Å². The number of halogens is 4. The zero-order chi connectivity index (χ0) is 8.65. The van der Waals surface area contributed by atoms with Gasteiger partial charge < -0.3 is 5.11 Å². The van der Waals surface area contributed by atoms with Crippen LogP contribution in [0.3, 0.4) is 0 Å². The van der Waals surface area contributed by atoms with Gasteiger partial charge in [-0.05, 0) is 6.42 Å². The maximum Gasteiger partial charge on any atom is 0.173 e. The number of alkyl halides is 3. The van der Waals surface area contributed by atoms with Gasteiger partial charge in [0.05, 0.1) is 10.4 Å². The van der Waals surface area contributed by atoms with Crippen molar-refractivity contribution in [3.8, 4) is 0 Å². The van der Waals surface area contributed by atoms with Crippen LogP contribution in [-0.4, -0.2) is 14.8 Å². The van der Waals surface area contributed by atoms with Gasteiger partial charge in [0.25, 0.3) is 0 Å². The van der Waals surface area contributed by atoms with Crippen molar-refractivity contribution in [1.82, 2.24) is 0 Å². The number of rotatable bonds is 0. The number of hydrogen-bond donors (Lipinski definition) is 1. The number of aliphatic hydroxyl groups is 1. The minimum Gasteiger partial charge on any atom is -0.511 e. The van der Waals surface area contributed by atoms with Crippen LogP contribution in [0.15, 0.2) is 10.8 Å². The van der Waals surface area contributed by atoms with Crippen molar-refractivity contribution in [2.24, 2.45) is 0 Å². The minimum atomic E-state index is -1.33. The molecule has 1 unspecified atom stereocenters. The third-order valence-corrected chi connectivity index (χ3v) is 3.96. The summed E-state index contributed by atoms with van der Waals surface area (Å²) in [5.74, 6) is 0.0357. The molecule has 11 heavy (non-hydrogen) atoms. The van der Waals surface area contributed by atoms with Crippen LogP contribution in [0.4, 0.5) is 0 Å². The highest BCUT2D eigenvalue weighted by molar-refractivity contribution is 6.59. The first-order valence-electron chi connectivity index (χ1n) is 3.06. The van der Waals surface area contributed by atoms with E-state index in [-0.39, 0.29) is 10.8 Å². The van der Waals surface area contributed by atoms with E-state index < -0.39 is 9.71 Å². The Balaban J connectivity index is 2.98. The van der Waals surface area contributed by atoms with Crippen molar-refractivity contribution < 1.29 is 5.11 Å². The topological polar surface area (TPSA) is 20.2 Å². The summed E-state index contributed by atoms with van der Waals surface area (Å²) in [6.07, 6.45) is 0.977. The molecule has 0 aromatic carbocycles. The predicted molar refractivity (Wildman–Crippen MR) is 48.8 cm³/mol. The molecule has 0 heterocycles. The summed E-state index contributed by atoms with van der Waals surface area (Å²) in [6.45, 7) is 0.